The number of rotatable bonds is 7. The first kappa shape index (κ1) is 23.7. The fourth-order valence-corrected chi connectivity index (χ4v) is 2.58. The van der Waals surface area contributed by atoms with Crippen LogP contribution >= 0.6 is 48.0 Å². The minimum absolute atomic E-state index is 0. The lowest BCUT2D eigenvalue weighted by Gasteiger charge is -2.23. The summed E-state index contributed by atoms with van der Waals surface area (Å²) in [6.07, 6.45) is 0. The van der Waals surface area contributed by atoms with Gasteiger partial charge in [-0.25, -0.2) is 0 Å². The molecule has 0 radical (unpaired) electrons. The molecule has 1 amide bonds. The average Bonchev–Trinajstić information content (AvgIpc) is 2.56. The van der Waals surface area contributed by atoms with E-state index < -0.39 is 0 Å². The second-order valence-electron chi connectivity index (χ2n) is 4.99. The molecule has 0 unspecified atom stereocenters. The van der Waals surface area contributed by atoms with Crippen molar-refractivity contribution in [2.24, 2.45) is 0 Å². The molecular formula is C17H21Cl4N3O. The largest absolute Gasteiger partial charge is 0.399 e. The predicted molar refractivity (Wildman–Crippen MR) is 113 cm³/mol. The van der Waals surface area contributed by atoms with E-state index in [0.717, 1.165) is 24.5 Å². The first-order chi connectivity index (χ1) is 11.1. The maximum atomic E-state index is 12.2. The van der Waals surface area contributed by atoms with Gasteiger partial charge in [0.1, 0.15) is 0 Å². The van der Waals surface area contributed by atoms with Gasteiger partial charge < -0.3 is 16.0 Å². The van der Waals surface area contributed by atoms with E-state index in [4.69, 9.17) is 28.9 Å². The van der Waals surface area contributed by atoms with Gasteiger partial charge >= 0.3 is 0 Å². The first-order valence-electron chi connectivity index (χ1n) is 7.28. The molecule has 2 aromatic rings. The van der Waals surface area contributed by atoms with E-state index in [0.29, 0.717) is 23.0 Å². The molecule has 0 saturated carbocycles. The number of carbonyl (C=O) groups excluding carboxylic acids is 1. The van der Waals surface area contributed by atoms with E-state index >= 15 is 0 Å². The maximum absolute atomic E-state index is 12.2. The highest BCUT2D eigenvalue weighted by molar-refractivity contribution is 6.18. The van der Waals surface area contributed by atoms with Crippen molar-refractivity contribution in [1.82, 2.24) is 0 Å². The Morgan fingerprint density at radius 1 is 0.920 bits per heavy atom. The molecule has 0 saturated heterocycles. The van der Waals surface area contributed by atoms with Gasteiger partial charge in [0.15, 0.2) is 0 Å². The van der Waals surface area contributed by atoms with Gasteiger partial charge in [0.25, 0.3) is 5.91 Å². The van der Waals surface area contributed by atoms with Crippen molar-refractivity contribution in [2.45, 2.75) is 0 Å². The van der Waals surface area contributed by atoms with Crippen molar-refractivity contribution in [1.29, 1.82) is 0 Å². The Kier molecular flexibility index (Phi) is 11.4. The predicted octanol–water partition coefficient (Wildman–Crippen LogP) is 4.65. The van der Waals surface area contributed by atoms with Gasteiger partial charge in [-0.2, -0.15) is 0 Å². The highest BCUT2D eigenvalue weighted by atomic mass is 35.5. The number of nitrogens with two attached hydrogens (primary N) is 1. The van der Waals surface area contributed by atoms with Crippen molar-refractivity contribution in [2.75, 3.05) is 40.8 Å². The van der Waals surface area contributed by atoms with Gasteiger partial charge in [-0.15, -0.1) is 48.0 Å². The lowest BCUT2D eigenvalue weighted by atomic mass is 10.2. The third-order valence-electron chi connectivity index (χ3n) is 3.37. The monoisotopic (exact) mass is 423 g/mol. The van der Waals surface area contributed by atoms with Crippen LogP contribution in [0, 0.1) is 0 Å². The lowest BCUT2D eigenvalue weighted by Crippen LogP contribution is -2.27. The molecule has 8 heteroatoms. The summed E-state index contributed by atoms with van der Waals surface area (Å²) in [5.74, 6) is 0.898. The summed E-state index contributed by atoms with van der Waals surface area (Å²) in [6.45, 7) is 1.46. The van der Waals surface area contributed by atoms with Crippen LogP contribution in [0.4, 0.5) is 17.1 Å². The summed E-state index contributed by atoms with van der Waals surface area (Å²) in [5, 5.41) is 2.86. The molecule has 0 aliphatic carbocycles. The molecule has 2 rings (SSSR count). The number of carbonyl (C=O) groups is 1. The van der Waals surface area contributed by atoms with Gasteiger partial charge in [-0.3, -0.25) is 4.79 Å². The van der Waals surface area contributed by atoms with Gasteiger partial charge in [0, 0.05) is 47.5 Å². The van der Waals surface area contributed by atoms with Crippen LogP contribution in [0.3, 0.4) is 0 Å². The number of amides is 1. The fourth-order valence-electron chi connectivity index (χ4n) is 2.17. The molecule has 138 valence electrons. The summed E-state index contributed by atoms with van der Waals surface area (Å²) in [4.78, 5) is 14.3. The molecular weight excluding hydrogens is 404 g/mol. The maximum Gasteiger partial charge on any atom is 0.255 e. The van der Waals surface area contributed by atoms with Crippen LogP contribution in [0.1, 0.15) is 10.4 Å². The molecule has 0 atom stereocenters. The van der Waals surface area contributed by atoms with Crippen molar-refractivity contribution in [3.63, 3.8) is 0 Å². The molecule has 3 N–H and O–H groups in total. The second-order valence-corrected chi connectivity index (χ2v) is 5.74. The van der Waals surface area contributed by atoms with Crippen molar-refractivity contribution < 1.29 is 4.79 Å². The number of halogens is 4. The minimum Gasteiger partial charge on any atom is -0.399 e. The molecule has 0 heterocycles. The van der Waals surface area contributed by atoms with Crippen molar-refractivity contribution in [3.05, 3.63) is 54.1 Å². The van der Waals surface area contributed by atoms with Crippen LogP contribution in [-0.4, -0.2) is 30.8 Å². The van der Waals surface area contributed by atoms with Crippen molar-refractivity contribution >= 4 is 71.0 Å². The number of hydrogen-bond donors (Lipinski definition) is 2. The van der Waals surface area contributed by atoms with Gasteiger partial charge in [0.2, 0.25) is 0 Å². The normalized spacial score (nSPS) is 9.52. The summed E-state index contributed by atoms with van der Waals surface area (Å²) in [5.41, 5.74) is 8.57. The quantitative estimate of drug-likeness (QED) is 0.502. The lowest BCUT2D eigenvalue weighted by molar-refractivity contribution is 0.102. The Hall–Kier alpha value is -1.33. The molecule has 2 aromatic carbocycles. The van der Waals surface area contributed by atoms with Crippen LogP contribution < -0.4 is 16.0 Å². The van der Waals surface area contributed by atoms with E-state index in [2.05, 4.69) is 10.2 Å². The molecule has 0 aromatic heterocycles. The number of alkyl halides is 2. The van der Waals surface area contributed by atoms with Gasteiger partial charge in [0.05, 0.1) is 0 Å². The molecule has 4 nitrogen and oxygen atoms in total. The zero-order valence-corrected chi connectivity index (χ0v) is 16.6. The second kappa shape index (κ2) is 12.1. The van der Waals surface area contributed by atoms with Crippen molar-refractivity contribution in [3.8, 4) is 0 Å². The van der Waals surface area contributed by atoms with E-state index in [1.165, 1.54) is 0 Å². The average molecular weight is 425 g/mol. The van der Waals surface area contributed by atoms with Crippen LogP contribution in [0.15, 0.2) is 48.5 Å². The Morgan fingerprint density at radius 3 is 1.92 bits per heavy atom. The number of hydrogen-bond acceptors (Lipinski definition) is 3. The van der Waals surface area contributed by atoms with Gasteiger partial charge in [-0.1, -0.05) is 0 Å². The van der Waals surface area contributed by atoms with Crippen LogP contribution in [-0.2, 0) is 0 Å². The number of nitrogens with one attached hydrogen (secondary N) is 1. The van der Waals surface area contributed by atoms with Crippen LogP contribution in [0.25, 0.3) is 0 Å². The fraction of sp³-hybridized carbons (Fsp3) is 0.235. The molecule has 0 fully saturated rings. The Morgan fingerprint density at radius 2 is 1.44 bits per heavy atom. The van der Waals surface area contributed by atoms with Crippen LogP contribution in [0.5, 0.6) is 0 Å². The molecule has 0 aliphatic rings. The van der Waals surface area contributed by atoms with E-state index in [1.54, 1.807) is 24.3 Å². The topological polar surface area (TPSA) is 58.4 Å². The highest BCUT2D eigenvalue weighted by Gasteiger charge is 2.08. The third kappa shape index (κ3) is 7.20. The standard InChI is InChI=1S/C17H19Cl2N3O.2ClH/c18-9-11-22(12-10-19)16-7-5-15(6-8-16)21-17(23)13-1-3-14(20)4-2-13;;/h1-8H,9-12,20H2,(H,21,23);2*1H. The first-order valence-corrected chi connectivity index (χ1v) is 8.35. The summed E-state index contributed by atoms with van der Waals surface area (Å²) in [7, 11) is 0. The smallest absolute Gasteiger partial charge is 0.255 e. The molecule has 0 aliphatic heterocycles. The highest BCUT2D eigenvalue weighted by Crippen LogP contribution is 2.19. The molecule has 0 spiro atoms. The van der Waals surface area contributed by atoms with Crippen LogP contribution in [0.2, 0.25) is 0 Å². The minimum atomic E-state index is -0.170. The zero-order chi connectivity index (χ0) is 16.7. The summed E-state index contributed by atoms with van der Waals surface area (Å²) < 4.78 is 0. The Balaban J connectivity index is 0.00000288. The summed E-state index contributed by atoms with van der Waals surface area (Å²) in [6, 6.07) is 14.4. The molecule has 0 bridgehead atoms. The summed E-state index contributed by atoms with van der Waals surface area (Å²) >= 11 is 11.6. The van der Waals surface area contributed by atoms with E-state index in [-0.39, 0.29) is 30.7 Å². The molecule has 25 heavy (non-hydrogen) atoms. The zero-order valence-electron chi connectivity index (χ0n) is 13.5. The number of nitrogen functional groups attached to an aromatic ring is 1. The van der Waals surface area contributed by atoms with E-state index in [1.807, 2.05) is 24.3 Å². The number of anilines is 3. The Labute approximate surface area is 170 Å². The van der Waals surface area contributed by atoms with Gasteiger partial charge in [-0.05, 0) is 48.5 Å². The number of benzene rings is 2. The Bertz CT molecular complexity index is 629. The van der Waals surface area contributed by atoms with E-state index in [9.17, 15) is 4.79 Å². The number of nitrogens with zero attached hydrogens (tertiary/aromatic N) is 1. The third-order valence-corrected chi connectivity index (χ3v) is 3.71. The SMILES string of the molecule is Cl.Cl.Nc1ccc(C(=O)Nc2ccc(N(CCCl)CCCl)cc2)cc1.